The Labute approximate surface area is 228 Å². The number of likely N-dealkylation sites (tertiary alicyclic amines) is 1. The van der Waals surface area contributed by atoms with Gasteiger partial charge in [0.15, 0.2) is 5.82 Å². The van der Waals surface area contributed by atoms with E-state index < -0.39 is 17.7 Å². The highest BCUT2D eigenvalue weighted by molar-refractivity contribution is 6.30. The van der Waals surface area contributed by atoms with Crippen LogP contribution in [0.4, 0.5) is 14.7 Å². The highest BCUT2D eigenvalue weighted by Gasteiger charge is 2.27. The van der Waals surface area contributed by atoms with Gasteiger partial charge in [-0.1, -0.05) is 17.7 Å². The number of anilines is 1. The summed E-state index contributed by atoms with van der Waals surface area (Å²) in [6.45, 7) is 2.06. The number of aromatic nitrogens is 5. The zero-order valence-electron chi connectivity index (χ0n) is 21.0. The maximum absolute atomic E-state index is 15.3. The van der Waals surface area contributed by atoms with E-state index in [1.165, 1.54) is 29.6 Å². The first kappa shape index (κ1) is 25.6. The van der Waals surface area contributed by atoms with Crippen molar-refractivity contribution in [3.05, 3.63) is 76.6 Å². The molecule has 1 aromatic carbocycles. The molecule has 0 spiro atoms. The minimum absolute atomic E-state index is 0.0226. The first-order valence-electron chi connectivity index (χ1n) is 12.9. The van der Waals surface area contributed by atoms with Crippen molar-refractivity contribution < 1.29 is 18.7 Å². The van der Waals surface area contributed by atoms with E-state index in [-0.39, 0.29) is 35.9 Å². The maximum Gasteiger partial charge on any atom is 0.254 e. The van der Waals surface area contributed by atoms with Crippen molar-refractivity contribution in [2.24, 2.45) is 0 Å². The minimum atomic E-state index is -0.566. The van der Waals surface area contributed by atoms with Gasteiger partial charge in [0.25, 0.3) is 5.91 Å². The fraction of sp³-hybridized carbons (Fsp3) is 0.370. The van der Waals surface area contributed by atoms with Crippen molar-refractivity contribution in [1.29, 1.82) is 0 Å². The van der Waals surface area contributed by atoms with Crippen LogP contribution in [0.5, 0.6) is 0 Å². The van der Waals surface area contributed by atoms with E-state index in [2.05, 4.69) is 24.8 Å². The number of carbonyl (C=O) groups is 1. The predicted molar refractivity (Wildman–Crippen MR) is 141 cm³/mol. The second-order valence-electron chi connectivity index (χ2n) is 10.00. The van der Waals surface area contributed by atoms with E-state index in [0.29, 0.717) is 53.9 Å². The molecule has 5 heterocycles. The van der Waals surface area contributed by atoms with E-state index in [1.54, 1.807) is 18.5 Å². The number of benzene rings is 1. The highest BCUT2D eigenvalue weighted by Crippen LogP contribution is 2.31. The Balaban J connectivity index is 1.20. The molecule has 39 heavy (non-hydrogen) atoms. The molecule has 2 aliphatic rings. The fourth-order valence-corrected chi connectivity index (χ4v) is 5.54. The Bertz CT molecular complexity index is 1520. The number of aliphatic hydroxyl groups is 1. The largest absolute Gasteiger partial charge is 0.391 e. The topological polar surface area (TPSA) is 100 Å². The molecule has 0 unspecified atom stereocenters. The van der Waals surface area contributed by atoms with Gasteiger partial charge in [-0.2, -0.15) is 0 Å². The number of hydrogen-bond acceptors (Lipinski definition) is 7. The van der Waals surface area contributed by atoms with Crippen LogP contribution in [-0.2, 0) is 6.42 Å². The van der Waals surface area contributed by atoms with E-state index >= 15 is 8.78 Å². The summed E-state index contributed by atoms with van der Waals surface area (Å²) in [5, 5.41) is 10.4. The normalized spacial score (nSPS) is 18.3. The second-order valence-corrected chi connectivity index (χ2v) is 10.4. The molecule has 202 valence electrons. The van der Waals surface area contributed by atoms with Crippen LogP contribution in [0.1, 0.15) is 46.9 Å². The smallest absolute Gasteiger partial charge is 0.254 e. The van der Waals surface area contributed by atoms with Gasteiger partial charge >= 0.3 is 0 Å². The number of aliphatic hydroxyl groups excluding tert-OH is 1. The maximum atomic E-state index is 15.3. The van der Waals surface area contributed by atoms with Gasteiger partial charge in [0.2, 0.25) is 5.95 Å². The van der Waals surface area contributed by atoms with E-state index in [0.717, 1.165) is 12.8 Å². The lowest BCUT2D eigenvalue weighted by atomic mass is 10.0. The average molecular weight is 554 g/mol. The lowest BCUT2D eigenvalue weighted by Crippen LogP contribution is -2.35. The molecule has 6 rings (SSSR count). The molecule has 0 bridgehead atoms. The summed E-state index contributed by atoms with van der Waals surface area (Å²) in [5.74, 6) is -0.732. The molecule has 2 fully saturated rings. The summed E-state index contributed by atoms with van der Waals surface area (Å²) in [7, 11) is 0. The van der Waals surface area contributed by atoms with Gasteiger partial charge in [0.05, 0.1) is 34.6 Å². The predicted octanol–water partition coefficient (Wildman–Crippen LogP) is 3.79. The molecule has 0 saturated carbocycles. The van der Waals surface area contributed by atoms with Gasteiger partial charge in [-0.25, -0.2) is 28.7 Å². The molecule has 1 N–H and O–H groups in total. The van der Waals surface area contributed by atoms with Crippen molar-refractivity contribution in [2.75, 3.05) is 31.1 Å². The molecule has 9 nitrogen and oxygen atoms in total. The van der Waals surface area contributed by atoms with Crippen LogP contribution in [-0.4, -0.2) is 72.7 Å². The van der Waals surface area contributed by atoms with Gasteiger partial charge in [-0.3, -0.25) is 4.79 Å². The van der Waals surface area contributed by atoms with Crippen molar-refractivity contribution >= 4 is 34.5 Å². The van der Waals surface area contributed by atoms with Crippen LogP contribution in [0.15, 0.2) is 43.1 Å². The minimum Gasteiger partial charge on any atom is -0.391 e. The quantitative estimate of drug-likeness (QED) is 0.401. The zero-order chi connectivity index (χ0) is 27.1. The molecule has 12 heteroatoms. The molecular formula is C27H26ClF2N7O2. The second kappa shape index (κ2) is 10.5. The van der Waals surface area contributed by atoms with Crippen LogP contribution < -0.4 is 4.90 Å². The molecule has 1 amide bonds. The third-order valence-electron chi connectivity index (χ3n) is 7.50. The Hall–Kier alpha value is -3.70. The van der Waals surface area contributed by atoms with E-state index in [4.69, 9.17) is 11.6 Å². The average Bonchev–Trinajstić information content (AvgIpc) is 3.53. The Morgan fingerprint density at radius 2 is 1.79 bits per heavy atom. The first-order chi connectivity index (χ1) is 18.9. The van der Waals surface area contributed by atoms with E-state index in [1.807, 2.05) is 4.57 Å². The third-order valence-corrected chi connectivity index (χ3v) is 7.69. The number of nitrogens with zero attached hydrogens (tertiary/aromatic N) is 7. The number of fused-ring (bicyclic) bond motifs is 1. The van der Waals surface area contributed by atoms with Gasteiger partial charge in [-0.05, 0) is 37.0 Å². The van der Waals surface area contributed by atoms with Gasteiger partial charge in [0, 0.05) is 50.4 Å². The van der Waals surface area contributed by atoms with E-state index in [9.17, 15) is 9.90 Å². The lowest BCUT2D eigenvalue weighted by Gasteiger charge is -2.32. The Morgan fingerprint density at radius 3 is 2.49 bits per heavy atom. The van der Waals surface area contributed by atoms with Crippen LogP contribution in [0.2, 0.25) is 5.02 Å². The van der Waals surface area contributed by atoms with Crippen molar-refractivity contribution in [2.45, 2.75) is 37.8 Å². The summed E-state index contributed by atoms with van der Waals surface area (Å²) < 4.78 is 32.2. The van der Waals surface area contributed by atoms with Gasteiger partial charge in [-0.15, -0.1) is 0 Å². The standard InChI is InChI=1S/C27H26ClF2N7O2/c28-18-11-31-27(32-12-18)35-6-3-19(4-7-35)37-14-22(30)24-23(33-15-34-25(24)37)10-16-1-2-17(9-21(16)29)26(39)36-8-5-20(38)13-36/h1-2,9,11-12,14-15,19-20,38H,3-8,10,13H2/t20-/m1/s1. The SMILES string of the molecule is O=C(c1ccc(Cc2ncnc3c2c(F)cn3C2CCN(c3ncc(Cl)cn3)CC2)c(F)c1)N1CC[C@@H](O)C1. The molecule has 2 saturated heterocycles. The number of amides is 1. The van der Waals surface area contributed by atoms with Crippen LogP contribution in [0.25, 0.3) is 11.0 Å². The summed E-state index contributed by atoms with van der Waals surface area (Å²) in [4.78, 5) is 33.5. The lowest BCUT2D eigenvalue weighted by molar-refractivity contribution is 0.0764. The van der Waals surface area contributed by atoms with Crippen molar-refractivity contribution in [3.63, 3.8) is 0 Å². The van der Waals surface area contributed by atoms with Crippen LogP contribution >= 0.6 is 11.6 Å². The van der Waals surface area contributed by atoms with Crippen molar-refractivity contribution in [3.8, 4) is 0 Å². The summed E-state index contributed by atoms with van der Waals surface area (Å²) in [6, 6.07) is 4.31. The Morgan fingerprint density at radius 1 is 1.03 bits per heavy atom. The number of hydrogen-bond donors (Lipinski definition) is 1. The molecule has 2 aliphatic heterocycles. The molecule has 0 radical (unpaired) electrons. The number of piperidine rings is 1. The molecule has 3 aromatic heterocycles. The number of β-amino-alcohol motifs (C(OH)–C–C–N with tert-alkyl or cyclic N) is 1. The van der Waals surface area contributed by atoms with Crippen LogP contribution in [0.3, 0.4) is 0 Å². The van der Waals surface area contributed by atoms with Gasteiger partial charge < -0.3 is 19.5 Å². The highest BCUT2D eigenvalue weighted by atomic mass is 35.5. The first-order valence-corrected chi connectivity index (χ1v) is 13.2. The number of rotatable bonds is 5. The summed E-state index contributed by atoms with van der Waals surface area (Å²) >= 11 is 5.89. The third kappa shape index (κ3) is 5.04. The van der Waals surface area contributed by atoms with Gasteiger partial charge in [0.1, 0.15) is 17.8 Å². The number of halogens is 3. The summed E-state index contributed by atoms with van der Waals surface area (Å²) in [6.07, 6.45) is 7.45. The van der Waals surface area contributed by atoms with Crippen molar-refractivity contribution in [1.82, 2.24) is 29.4 Å². The molecular weight excluding hydrogens is 528 g/mol. The fourth-order valence-electron chi connectivity index (χ4n) is 5.44. The zero-order valence-corrected chi connectivity index (χ0v) is 21.7. The molecule has 0 aliphatic carbocycles. The van der Waals surface area contributed by atoms with Crippen LogP contribution in [0, 0.1) is 11.6 Å². The Kier molecular flexibility index (Phi) is 6.86. The monoisotopic (exact) mass is 553 g/mol. The molecule has 1 atom stereocenters. The number of carbonyl (C=O) groups excluding carboxylic acids is 1. The molecule has 4 aromatic rings. The summed E-state index contributed by atoms with van der Waals surface area (Å²) in [5.41, 5.74) is 1.37.